The second-order valence-electron chi connectivity index (χ2n) is 4.19. The van der Waals surface area contributed by atoms with E-state index >= 15 is 0 Å². The van der Waals surface area contributed by atoms with E-state index in [-0.39, 0.29) is 25.4 Å². The molecule has 0 atom stereocenters. The maximum Gasteiger partial charge on any atom is 0.334 e. The molecular weight excluding hydrogens is 319 g/mol. The Balaban J connectivity index is 2.00. The van der Waals surface area contributed by atoms with Crippen LogP contribution in [-0.4, -0.2) is 47.3 Å². The molecule has 0 N–H and O–H groups in total. The number of ether oxygens (including phenoxy) is 1. The van der Waals surface area contributed by atoms with Crippen LogP contribution in [0.25, 0.3) is 0 Å². The average Bonchev–Trinajstić information content (AvgIpc) is 2.65. The zero-order valence-corrected chi connectivity index (χ0v) is 12.6. The number of rotatable bonds is 5. The number of halogens is 2. The topological polar surface area (TPSA) is 66.9 Å². The molecule has 0 unspecified atom stereocenters. The van der Waals surface area contributed by atoms with Crippen molar-refractivity contribution in [1.82, 2.24) is 9.80 Å². The molecule has 1 aliphatic rings. The normalized spacial score (nSPS) is 15.1. The van der Waals surface area contributed by atoms with Gasteiger partial charge in [-0.1, -0.05) is 29.3 Å². The van der Waals surface area contributed by atoms with Crippen molar-refractivity contribution in [3.8, 4) is 5.75 Å². The van der Waals surface area contributed by atoms with Gasteiger partial charge in [0.05, 0.1) is 16.6 Å². The fourth-order valence-electron chi connectivity index (χ4n) is 1.89. The number of imide groups is 2. The van der Waals surface area contributed by atoms with Crippen LogP contribution in [0.1, 0.15) is 6.92 Å². The maximum absolute atomic E-state index is 11.8. The van der Waals surface area contributed by atoms with Gasteiger partial charge >= 0.3 is 17.8 Å². The van der Waals surface area contributed by atoms with Gasteiger partial charge in [0.25, 0.3) is 0 Å². The van der Waals surface area contributed by atoms with Gasteiger partial charge in [0.2, 0.25) is 0 Å². The molecule has 8 heteroatoms. The molecule has 1 fully saturated rings. The summed E-state index contributed by atoms with van der Waals surface area (Å²) < 4.78 is 5.39. The molecule has 1 heterocycles. The van der Waals surface area contributed by atoms with Gasteiger partial charge in [0.15, 0.2) is 5.75 Å². The quantitative estimate of drug-likeness (QED) is 0.613. The molecule has 0 aromatic heterocycles. The van der Waals surface area contributed by atoms with Crippen LogP contribution >= 0.6 is 23.2 Å². The van der Waals surface area contributed by atoms with E-state index in [0.717, 1.165) is 9.80 Å². The van der Waals surface area contributed by atoms with E-state index in [0.29, 0.717) is 10.0 Å². The fraction of sp³-hybridized carbons (Fsp3) is 0.308. The standard InChI is InChI=1S/C13H12Cl2N2O4/c1-2-16-11(18)12(19)17(13(16)20)6-7-21-10-8(14)4-3-5-9(10)15/h3-5H,2,6-7H2,1H3. The summed E-state index contributed by atoms with van der Waals surface area (Å²) in [6, 6.07) is 4.25. The van der Waals surface area contributed by atoms with E-state index in [2.05, 4.69) is 0 Å². The molecule has 1 aromatic rings. The van der Waals surface area contributed by atoms with Crippen molar-refractivity contribution in [3.63, 3.8) is 0 Å². The highest BCUT2D eigenvalue weighted by atomic mass is 35.5. The number of hydrogen-bond donors (Lipinski definition) is 0. The molecular formula is C13H12Cl2N2O4. The lowest BCUT2D eigenvalue weighted by Crippen LogP contribution is -2.36. The van der Waals surface area contributed by atoms with Crippen molar-refractivity contribution >= 4 is 41.0 Å². The number of likely N-dealkylation sites (N-methyl/N-ethyl adjacent to an activating group) is 1. The van der Waals surface area contributed by atoms with E-state index in [1.807, 2.05) is 0 Å². The lowest BCUT2D eigenvalue weighted by molar-refractivity contribution is -0.143. The van der Waals surface area contributed by atoms with Gasteiger partial charge in [-0.2, -0.15) is 0 Å². The highest BCUT2D eigenvalue weighted by Gasteiger charge is 2.43. The second-order valence-corrected chi connectivity index (χ2v) is 5.00. The molecule has 112 valence electrons. The number of nitrogens with zero attached hydrogens (tertiary/aromatic N) is 2. The molecule has 0 saturated carbocycles. The average molecular weight is 331 g/mol. The van der Waals surface area contributed by atoms with Crippen molar-refractivity contribution in [2.45, 2.75) is 6.92 Å². The predicted molar refractivity (Wildman–Crippen MR) is 76.5 cm³/mol. The van der Waals surface area contributed by atoms with Crippen LogP contribution in [0.5, 0.6) is 5.75 Å². The van der Waals surface area contributed by atoms with Crippen molar-refractivity contribution in [2.24, 2.45) is 0 Å². The first-order valence-corrected chi connectivity index (χ1v) is 6.97. The zero-order valence-electron chi connectivity index (χ0n) is 11.1. The number of urea groups is 1. The van der Waals surface area contributed by atoms with Crippen molar-refractivity contribution in [3.05, 3.63) is 28.2 Å². The molecule has 1 aromatic carbocycles. The van der Waals surface area contributed by atoms with Gasteiger partial charge in [0, 0.05) is 6.54 Å². The van der Waals surface area contributed by atoms with Crippen LogP contribution < -0.4 is 4.74 Å². The number of hydrogen-bond acceptors (Lipinski definition) is 4. The molecule has 4 amide bonds. The zero-order chi connectivity index (χ0) is 15.6. The SMILES string of the molecule is CCN1C(=O)C(=O)N(CCOc2c(Cl)cccc2Cl)C1=O. The van der Waals surface area contributed by atoms with Crippen molar-refractivity contribution in [2.75, 3.05) is 19.7 Å². The first-order valence-electron chi connectivity index (χ1n) is 6.21. The molecule has 0 bridgehead atoms. The summed E-state index contributed by atoms with van der Waals surface area (Å²) in [5, 5.41) is 0.653. The molecule has 6 nitrogen and oxygen atoms in total. The number of para-hydroxylation sites is 1. The van der Waals surface area contributed by atoms with Gasteiger partial charge in [-0.25, -0.2) is 4.79 Å². The van der Waals surface area contributed by atoms with Gasteiger partial charge < -0.3 is 4.74 Å². The summed E-state index contributed by atoms with van der Waals surface area (Å²) in [5.41, 5.74) is 0. The molecule has 2 rings (SSSR count). The summed E-state index contributed by atoms with van der Waals surface area (Å²) in [7, 11) is 0. The first kappa shape index (κ1) is 15.6. The van der Waals surface area contributed by atoms with E-state index < -0.39 is 17.8 Å². The summed E-state index contributed by atoms with van der Waals surface area (Å²) >= 11 is 11.9. The van der Waals surface area contributed by atoms with Gasteiger partial charge in [-0.3, -0.25) is 19.4 Å². The Morgan fingerprint density at radius 3 is 2.14 bits per heavy atom. The number of carbonyl (C=O) groups is 3. The fourth-order valence-corrected chi connectivity index (χ4v) is 2.39. The van der Waals surface area contributed by atoms with Crippen LogP contribution in [0, 0.1) is 0 Å². The monoisotopic (exact) mass is 330 g/mol. The van der Waals surface area contributed by atoms with E-state index in [1.165, 1.54) is 0 Å². The third-order valence-corrected chi connectivity index (χ3v) is 3.53. The Labute approximate surface area is 131 Å². The minimum Gasteiger partial charge on any atom is -0.489 e. The summed E-state index contributed by atoms with van der Waals surface area (Å²) in [6.07, 6.45) is 0. The highest BCUT2D eigenvalue weighted by molar-refractivity contribution is 6.44. The van der Waals surface area contributed by atoms with Crippen LogP contribution in [0.2, 0.25) is 10.0 Å². The summed E-state index contributed by atoms with van der Waals surface area (Å²) in [6.45, 7) is 1.71. The van der Waals surface area contributed by atoms with Gasteiger partial charge in [-0.15, -0.1) is 0 Å². The maximum atomic E-state index is 11.8. The number of benzene rings is 1. The smallest absolute Gasteiger partial charge is 0.334 e. The molecule has 0 aliphatic carbocycles. The molecule has 0 radical (unpaired) electrons. The largest absolute Gasteiger partial charge is 0.489 e. The van der Waals surface area contributed by atoms with Crippen LogP contribution in [0.3, 0.4) is 0 Å². The lowest BCUT2D eigenvalue weighted by atomic mass is 10.3. The Bertz CT molecular complexity index is 586. The first-order chi connectivity index (χ1) is 9.97. The Kier molecular flexibility index (Phi) is 4.69. The molecule has 1 aliphatic heterocycles. The van der Waals surface area contributed by atoms with E-state index in [9.17, 15) is 14.4 Å². The van der Waals surface area contributed by atoms with Crippen LogP contribution in [-0.2, 0) is 9.59 Å². The van der Waals surface area contributed by atoms with Crippen molar-refractivity contribution < 1.29 is 19.1 Å². The second kappa shape index (κ2) is 6.32. The Hall–Kier alpha value is -1.79. The number of carbonyl (C=O) groups excluding carboxylic acids is 3. The van der Waals surface area contributed by atoms with Crippen LogP contribution in [0.15, 0.2) is 18.2 Å². The summed E-state index contributed by atoms with van der Waals surface area (Å²) in [4.78, 5) is 36.8. The molecule has 21 heavy (non-hydrogen) atoms. The predicted octanol–water partition coefficient (Wildman–Crippen LogP) is 2.18. The number of amides is 4. The summed E-state index contributed by atoms with van der Waals surface area (Å²) in [5.74, 6) is -1.40. The highest BCUT2D eigenvalue weighted by Crippen LogP contribution is 2.32. The van der Waals surface area contributed by atoms with Gasteiger partial charge in [0.1, 0.15) is 6.61 Å². The lowest BCUT2D eigenvalue weighted by Gasteiger charge is -2.15. The molecule has 0 spiro atoms. The van der Waals surface area contributed by atoms with Crippen LogP contribution in [0.4, 0.5) is 4.79 Å². The third-order valence-electron chi connectivity index (χ3n) is 2.93. The van der Waals surface area contributed by atoms with Crippen molar-refractivity contribution in [1.29, 1.82) is 0 Å². The van der Waals surface area contributed by atoms with E-state index in [1.54, 1.807) is 25.1 Å². The van der Waals surface area contributed by atoms with Gasteiger partial charge in [-0.05, 0) is 19.1 Å². The minimum atomic E-state index is -0.851. The Morgan fingerprint density at radius 1 is 1.05 bits per heavy atom. The minimum absolute atomic E-state index is 0.00817. The molecule has 1 saturated heterocycles. The third kappa shape index (κ3) is 2.96. The van der Waals surface area contributed by atoms with E-state index in [4.69, 9.17) is 27.9 Å². The Morgan fingerprint density at radius 2 is 1.62 bits per heavy atom.